The van der Waals surface area contributed by atoms with E-state index in [0.717, 1.165) is 85.5 Å². The van der Waals surface area contributed by atoms with Crippen LogP contribution in [0, 0.1) is 0 Å². The van der Waals surface area contributed by atoms with Crippen molar-refractivity contribution in [2.75, 3.05) is 18.0 Å². The zero-order valence-electron chi connectivity index (χ0n) is 37.7. The van der Waals surface area contributed by atoms with Crippen LogP contribution in [0.5, 0.6) is 0 Å². The summed E-state index contributed by atoms with van der Waals surface area (Å²) in [5.41, 5.74) is 10.1. The molecule has 0 saturated heterocycles. The number of hydrogen-bond donors (Lipinski definition) is 0. The smallest absolute Gasteiger partial charge is 0.205 e. The second-order valence-corrected chi connectivity index (χ2v) is 18.1. The molecule has 0 aromatic heterocycles. The molecule has 0 unspecified atom stereocenters. The molecule has 0 saturated carbocycles. The molecule has 326 valence electrons. The highest BCUT2D eigenvalue weighted by atomic mass is 32.2. The largest absolute Gasteiger partial charge is 0.744 e. The van der Waals surface area contributed by atoms with Crippen molar-refractivity contribution in [3.8, 4) is 0 Å². The van der Waals surface area contributed by atoms with E-state index >= 15 is 0 Å². The third-order valence-electron chi connectivity index (χ3n) is 12.0. The topological polar surface area (TPSA) is 63.5 Å². The number of aryl methyl sites for hydroxylation is 2. The fourth-order valence-electron chi connectivity index (χ4n) is 8.34. The molecule has 0 amide bonds. The van der Waals surface area contributed by atoms with Gasteiger partial charge in [0.1, 0.15) is 16.7 Å². The SMILES string of the molecule is CCCCCCCCc1ccc(N(CCCC)c2ccc(C(=C3C=CC(=[N+](CCCC)c4ccc(CCCCCCCC)cc4)C=C3)c3ccccc3S(=O)(=O)[O-])cc2)cc1. The molecule has 0 spiro atoms. The molecule has 61 heavy (non-hydrogen) atoms. The van der Waals surface area contributed by atoms with E-state index in [0.29, 0.717) is 11.1 Å². The van der Waals surface area contributed by atoms with Crippen molar-refractivity contribution in [1.82, 2.24) is 0 Å². The van der Waals surface area contributed by atoms with Crippen LogP contribution in [0.2, 0.25) is 0 Å². The fourth-order valence-corrected chi connectivity index (χ4v) is 9.02. The van der Waals surface area contributed by atoms with Gasteiger partial charge in [0.05, 0.1) is 4.90 Å². The van der Waals surface area contributed by atoms with Gasteiger partial charge < -0.3 is 9.45 Å². The minimum atomic E-state index is -4.75. The number of anilines is 2. The molecule has 1 aliphatic rings. The van der Waals surface area contributed by atoms with Gasteiger partial charge >= 0.3 is 0 Å². The summed E-state index contributed by atoms with van der Waals surface area (Å²) >= 11 is 0. The van der Waals surface area contributed by atoms with Gasteiger partial charge in [0.15, 0.2) is 0 Å². The lowest BCUT2D eigenvalue weighted by Crippen LogP contribution is -2.18. The molecule has 4 aromatic carbocycles. The van der Waals surface area contributed by atoms with Crippen LogP contribution in [0.4, 0.5) is 17.1 Å². The summed E-state index contributed by atoms with van der Waals surface area (Å²) in [6.45, 7) is 10.7. The normalized spacial score (nSPS) is 12.6. The summed E-state index contributed by atoms with van der Waals surface area (Å²) in [4.78, 5) is 2.16. The Labute approximate surface area is 369 Å². The van der Waals surface area contributed by atoms with Crippen LogP contribution in [0.25, 0.3) is 5.57 Å². The molecule has 0 radical (unpaired) electrons. The molecular weight excluding hydrogens is 769 g/mol. The number of nitrogens with zero attached hydrogens (tertiary/aromatic N) is 2. The molecule has 6 heteroatoms. The van der Waals surface area contributed by atoms with Crippen LogP contribution in [-0.4, -0.2) is 36.3 Å². The molecule has 0 atom stereocenters. The first kappa shape index (κ1) is 47.5. The molecule has 5 nitrogen and oxygen atoms in total. The number of unbranched alkanes of at least 4 members (excludes halogenated alkanes) is 12. The summed E-state index contributed by atoms with van der Waals surface area (Å²) < 4.78 is 40.5. The Balaban J connectivity index is 1.45. The van der Waals surface area contributed by atoms with Crippen molar-refractivity contribution >= 4 is 38.5 Å². The molecule has 4 aromatic rings. The van der Waals surface area contributed by atoms with Gasteiger partial charge in [0.25, 0.3) is 0 Å². The highest BCUT2D eigenvalue weighted by Crippen LogP contribution is 2.36. The van der Waals surface area contributed by atoms with Crippen molar-refractivity contribution in [2.45, 2.75) is 148 Å². The van der Waals surface area contributed by atoms with Gasteiger partial charge in [0.2, 0.25) is 11.4 Å². The molecule has 5 rings (SSSR count). The third kappa shape index (κ3) is 14.5. The van der Waals surface area contributed by atoms with Crippen LogP contribution < -0.4 is 4.90 Å². The maximum absolute atomic E-state index is 12.7. The minimum absolute atomic E-state index is 0.214. The van der Waals surface area contributed by atoms with E-state index in [1.165, 1.54) is 94.2 Å². The van der Waals surface area contributed by atoms with Crippen LogP contribution >= 0.6 is 0 Å². The lowest BCUT2D eigenvalue weighted by Gasteiger charge is -2.26. The highest BCUT2D eigenvalue weighted by Gasteiger charge is 2.21. The van der Waals surface area contributed by atoms with E-state index in [2.05, 4.69) is 134 Å². The van der Waals surface area contributed by atoms with Gasteiger partial charge in [-0.3, -0.25) is 0 Å². The van der Waals surface area contributed by atoms with E-state index in [4.69, 9.17) is 0 Å². The Morgan fingerprint density at radius 3 is 1.57 bits per heavy atom. The molecule has 0 bridgehead atoms. The lowest BCUT2D eigenvalue weighted by molar-refractivity contribution is -0.439. The first-order valence-electron chi connectivity index (χ1n) is 23.6. The number of allylic oxidation sites excluding steroid dienone is 5. The summed E-state index contributed by atoms with van der Waals surface area (Å²) in [5.74, 6) is 0. The van der Waals surface area contributed by atoms with Crippen LogP contribution in [-0.2, 0) is 23.0 Å². The third-order valence-corrected chi connectivity index (χ3v) is 12.9. The Morgan fingerprint density at radius 2 is 1.03 bits per heavy atom. The average molecular weight is 841 g/mol. The van der Waals surface area contributed by atoms with E-state index < -0.39 is 10.1 Å². The van der Waals surface area contributed by atoms with Gasteiger partial charge in [0, 0.05) is 54.2 Å². The van der Waals surface area contributed by atoms with Crippen molar-refractivity contribution in [3.05, 3.63) is 149 Å². The van der Waals surface area contributed by atoms with E-state index in [1.54, 1.807) is 18.2 Å². The standard InChI is InChI=1S/C55H72N2O3S/c1-5-9-13-15-17-19-23-45-27-35-49(36-28-45)56(43-11-7-3)51-39-31-47(32-40-51)55(53-25-21-22-26-54(53)61(58,59)60)48-33-41-52(42-34-48)57(44-12-8-4)50-37-29-46(30-38-50)24-20-18-16-14-10-6-2/h21-22,25-42H,5-20,23-24,43-44H2,1-4H3. The monoisotopic (exact) mass is 841 g/mol. The van der Waals surface area contributed by atoms with E-state index in [9.17, 15) is 13.0 Å². The molecule has 0 N–H and O–H groups in total. The van der Waals surface area contributed by atoms with E-state index in [1.807, 2.05) is 0 Å². The first-order valence-corrected chi connectivity index (χ1v) is 25.0. The predicted octanol–water partition coefficient (Wildman–Crippen LogP) is 14.8. The van der Waals surface area contributed by atoms with Crippen molar-refractivity contribution in [3.63, 3.8) is 0 Å². The predicted molar refractivity (Wildman–Crippen MR) is 259 cm³/mol. The number of hydrogen-bond acceptors (Lipinski definition) is 4. The van der Waals surface area contributed by atoms with E-state index in [-0.39, 0.29) is 4.90 Å². The maximum atomic E-state index is 12.7. The first-order chi connectivity index (χ1) is 29.8. The summed E-state index contributed by atoms with van der Waals surface area (Å²) in [6, 6.07) is 33.1. The fraction of sp³-hybridized carbons (Fsp3) is 0.436. The number of benzene rings is 4. The quantitative estimate of drug-likeness (QED) is 0.0359. The Bertz CT molecular complexity index is 2140. The zero-order valence-corrected chi connectivity index (χ0v) is 38.5. The Hall–Kier alpha value is -4.52. The zero-order chi connectivity index (χ0) is 43.3. The second-order valence-electron chi connectivity index (χ2n) is 16.8. The lowest BCUT2D eigenvalue weighted by atomic mass is 9.90. The van der Waals surface area contributed by atoms with Crippen LogP contribution in [0.3, 0.4) is 0 Å². The highest BCUT2D eigenvalue weighted by molar-refractivity contribution is 7.85. The van der Waals surface area contributed by atoms with Crippen LogP contribution in [0.1, 0.15) is 153 Å². The molecule has 0 fully saturated rings. The number of rotatable bonds is 26. The Kier molecular flexibility index (Phi) is 19.8. The van der Waals surface area contributed by atoms with Crippen LogP contribution in [0.15, 0.2) is 132 Å². The second kappa shape index (κ2) is 25.4. The summed E-state index contributed by atoms with van der Waals surface area (Å²) in [5, 5.41) is 0. The maximum Gasteiger partial charge on any atom is 0.205 e. The average Bonchev–Trinajstić information content (AvgIpc) is 3.28. The summed E-state index contributed by atoms with van der Waals surface area (Å²) in [6.07, 6.45) is 30.4. The minimum Gasteiger partial charge on any atom is -0.744 e. The summed E-state index contributed by atoms with van der Waals surface area (Å²) in [7, 11) is -4.75. The van der Waals surface area contributed by atoms with Gasteiger partial charge in [-0.25, -0.2) is 8.42 Å². The van der Waals surface area contributed by atoms with Gasteiger partial charge in [-0.15, -0.1) is 0 Å². The van der Waals surface area contributed by atoms with Crippen molar-refractivity contribution in [2.24, 2.45) is 0 Å². The van der Waals surface area contributed by atoms with Crippen molar-refractivity contribution < 1.29 is 17.5 Å². The molecule has 1 aliphatic carbocycles. The van der Waals surface area contributed by atoms with Crippen molar-refractivity contribution in [1.29, 1.82) is 0 Å². The molecular formula is C55H72N2O3S. The van der Waals surface area contributed by atoms with Gasteiger partial charge in [-0.2, -0.15) is 4.58 Å². The Morgan fingerprint density at radius 1 is 0.541 bits per heavy atom. The molecule has 0 heterocycles. The molecule has 0 aliphatic heterocycles. The van der Waals surface area contributed by atoms with Gasteiger partial charge in [-0.05, 0) is 102 Å². The van der Waals surface area contributed by atoms with Gasteiger partial charge in [-0.1, -0.05) is 159 Å².